The molecule has 2 aromatic carbocycles. The summed E-state index contributed by atoms with van der Waals surface area (Å²) in [5, 5.41) is 8.97. The summed E-state index contributed by atoms with van der Waals surface area (Å²) in [5.74, 6) is -0.496. The van der Waals surface area contributed by atoms with Crippen LogP contribution >= 0.6 is 0 Å². The summed E-state index contributed by atoms with van der Waals surface area (Å²) >= 11 is 0. The lowest BCUT2D eigenvalue weighted by Crippen LogP contribution is -2.04. The SMILES string of the molecule is COC(=O)c1cc(-c2ccccc2)ccc1C#N. The molecule has 0 amide bonds. The summed E-state index contributed by atoms with van der Waals surface area (Å²) in [4.78, 5) is 11.6. The Morgan fingerprint density at radius 2 is 1.83 bits per heavy atom. The smallest absolute Gasteiger partial charge is 0.339 e. The summed E-state index contributed by atoms with van der Waals surface area (Å²) < 4.78 is 4.68. The van der Waals surface area contributed by atoms with Gasteiger partial charge in [0.05, 0.1) is 18.2 Å². The Morgan fingerprint density at radius 1 is 1.11 bits per heavy atom. The molecule has 0 spiro atoms. The summed E-state index contributed by atoms with van der Waals surface area (Å²) in [6.07, 6.45) is 0. The lowest BCUT2D eigenvalue weighted by molar-refractivity contribution is 0.0600. The summed E-state index contributed by atoms with van der Waals surface area (Å²) in [6.45, 7) is 0. The maximum Gasteiger partial charge on any atom is 0.339 e. The van der Waals surface area contributed by atoms with Crippen molar-refractivity contribution in [1.29, 1.82) is 5.26 Å². The molecule has 0 heterocycles. The number of carbonyl (C=O) groups excluding carboxylic acids is 1. The van der Waals surface area contributed by atoms with Gasteiger partial charge in [-0.2, -0.15) is 5.26 Å². The Labute approximate surface area is 105 Å². The molecule has 0 N–H and O–H groups in total. The van der Waals surface area contributed by atoms with Crippen molar-refractivity contribution in [2.75, 3.05) is 7.11 Å². The number of rotatable bonds is 2. The summed E-state index contributed by atoms with van der Waals surface area (Å²) in [6, 6.07) is 16.8. The molecule has 0 aliphatic heterocycles. The molecule has 0 atom stereocenters. The molecule has 88 valence electrons. The van der Waals surface area contributed by atoms with Gasteiger partial charge in [-0.3, -0.25) is 0 Å². The molecule has 0 radical (unpaired) electrons. The zero-order valence-corrected chi connectivity index (χ0v) is 9.88. The first-order valence-electron chi connectivity index (χ1n) is 5.44. The average Bonchev–Trinajstić information content (AvgIpc) is 2.46. The van der Waals surface area contributed by atoms with E-state index in [4.69, 9.17) is 5.26 Å². The molecule has 0 aliphatic carbocycles. The number of nitrogens with zero attached hydrogens (tertiary/aromatic N) is 1. The normalized spacial score (nSPS) is 9.56. The van der Waals surface area contributed by atoms with Gasteiger partial charge in [0.2, 0.25) is 0 Å². The number of carbonyl (C=O) groups is 1. The molecular formula is C15H11NO2. The van der Waals surface area contributed by atoms with Crippen molar-refractivity contribution >= 4 is 5.97 Å². The Balaban J connectivity index is 2.54. The van der Waals surface area contributed by atoms with E-state index in [2.05, 4.69) is 4.74 Å². The molecule has 0 unspecified atom stereocenters. The number of methoxy groups -OCH3 is 1. The van der Waals surface area contributed by atoms with E-state index in [0.717, 1.165) is 11.1 Å². The number of esters is 1. The van der Waals surface area contributed by atoms with Crippen LogP contribution in [0.4, 0.5) is 0 Å². The number of nitriles is 1. The van der Waals surface area contributed by atoms with E-state index < -0.39 is 5.97 Å². The highest BCUT2D eigenvalue weighted by Crippen LogP contribution is 2.22. The second kappa shape index (κ2) is 5.15. The highest BCUT2D eigenvalue weighted by molar-refractivity contribution is 5.93. The van der Waals surface area contributed by atoms with E-state index in [-0.39, 0.29) is 0 Å². The van der Waals surface area contributed by atoms with E-state index in [1.165, 1.54) is 7.11 Å². The second-order valence-corrected chi connectivity index (χ2v) is 3.73. The Morgan fingerprint density at radius 3 is 2.44 bits per heavy atom. The molecule has 2 aromatic rings. The van der Waals surface area contributed by atoms with Gasteiger partial charge >= 0.3 is 5.97 Å². The van der Waals surface area contributed by atoms with Crippen molar-refractivity contribution in [3.8, 4) is 17.2 Å². The molecule has 0 saturated carbocycles. The molecule has 0 fully saturated rings. The van der Waals surface area contributed by atoms with E-state index >= 15 is 0 Å². The van der Waals surface area contributed by atoms with E-state index in [0.29, 0.717) is 11.1 Å². The molecule has 3 heteroatoms. The first-order chi connectivity index (χ1) is 8.76. The Hall–Kier alpha value is -2.60. The fourth-order valence-corrected chi connectivity index (χ4v) is 1.73. The predicted octanol–water partition coefficient (Wildman–Crippen LogP) is 3.01. The maximum absolute atomic E-state index is 11.6. The minimum Gasteiger partial charge on any atom is -0.465 e. The number of hydrogen-bond acceptors (Lipinski definition) is 3. The number of benzene rings is 2. The molecule has 2 rings (SSSR count). The average molecular weight is 237 g/mol. The van der Waals surface area contributed by atoms with Crippen molar-refractivity contribution in [3.05, 3.63) is 59.7 Å². The number of ether oxygens (including phenoxy) is 1. The topological polar surface area (TPSA) is 50.1 Å². The van der Waals surface area contributed by atoms with Gasteiger partial charge < -0.3 is 4.74 Å². The summed E-state index contributed by atoms with van der Waals surface area (Å²) in [7, 11) is 1.30. The third kappa shape index (κ3) is 2.23. The molecule has 18 heavy (non-hydrogen) atoms. The predicted molar refractivity (Wildman–Crippen MR) is 67.9 cm³/mol. The van der Waals surface area contributed by atoms with Gasteiger partial charge in [-0.15, -0.1) is 0 Å². The van der Waals surface area contributed by atoms with Gasteiger partial charge in [-0.1, -0.05) is 36.4 Å². The maximum atomic E-state index is 11.6. The number of hydrogen-bond donors (Lipinski definition) is 0. The van der Waals surface area contributed by atoms with E-state index in [1.54, 1.807) is 12.1 Å². The highest BCUT2D eigenvalue weighted by atomic mass is 16.5. The fourth-order valence-electron chi connectivity index (χ4n) is 1.73. The molecule has 3 nitrogen and oxygen atoms in total. The lowest BCUT2D eigenvalue weighted by Gasteiger charge is -2.06. The van der Waals surface area contributed by atoms with Crippen molar-refractivity contribution in [1.82, 2.24) is 0 Å². The van der Waals surface area contributed by atoms with Gasteiger partial charge in [0.25, 0.3) is 0 Å². The van der Waals surface area contributed by atoms with Gasteiger partial charge in [0.15, 0.2) is 0 Å². The minimum atomic E-state index is -0.496. The molecular weight excluding hydrogens is 226 g/mol. The standard InChI is InChI=1S/C15H11NO2/c1-18-15(17)14-9-12(7-8-13(14)10-16)11-5-3-2-4-6-11/h2-9H,1H3. The van der Waals surface area contributed by atoms with Crippen molar-refractivity contribution in [3.63, 3.8) is 0 Å². The third-order valence-corrected chi connectivity index (χ3v) is 2.65. The second-order valence-electron chi connectivity index (χ2n) is 3.73. The largest absolute Gasteiger partial charge is 0.465 e. The highest BCUT2D eigenvalue weighted by Gasteiger charge is 2.12. The van der Waals surface area contributed by atoms with Crippen LogP contribution in [0.1, 0.15) is 15.9 Å². The van der Waals surface area contributed by atoms with Gasteiger partial charge in [0.1, 0.15) is 6.07 Å². The van der Waals surface area contributed by atoms with Crippen LogP contribution in [0.3, 0.4) is 0 Å². The van der Waals surface area contributed by atoms with E-state index in [1.807, 2.05) is 42.5 Å². The van der Waals surface area contributed by atoms with Crippen molar-refractivity contribution in [2.24, 2.45) is 0 Å². The van der Waals surface area contributed by atoms with Gasteiger partial charge in [0, 0.05) is 0 Å². The summed E-state index contributed by atoms with van der Waals surface area (Å²) in [5.41, 5.74) is 2.49. The van der Waals surface area contributed by atoms with Crippen LogP contribution in [0.5, 0.6) is 0 Å². The minimum absolute atomic E-state index is 0.293. The third-order valence-electron chi connectivity index (χ3n) is 2.65. The fraction of sp³-hybridized carbons (Fsp3) is 0.0667. The Bertz CT molecular complexity index is 612. The molecule has 0 saturated heterocycles. The van der Waals surface area contributed by atoms with Crippen molar-refractivity contribution in [2.45, 2.75) is 0 Å². The lowest BCUT2D eigenvalue weighted by atomic mass is 10.00. The van der Waals surface area contributed by atoms with Crippen LogP contribution in [0.2, 0.25) is 0 Å². The molecule has 0 aromatic heterocycles. The van der Waals surface area contributed by atoms with E-state index in [9.17, 15) is 4.79 Å². The van der Waals surface area contributed by atoms with Gasteiger partial charge in [-0.05, 0) is 23.3 Å². The zero-order valence-electron chi connectivity index (χ0n) is 9.88. The van der Waals surface area contributed by atoms with Gasteiger partial charge in [-0.25, -0.2) is 4.79 Å². The van der Waals surface area contributed by atoms with Crippen LogP contribution in [-0.4, -0.2) is 13.1 Å². The quantitative estimate of drug-likeness (QED) is 0.754. The first kappa shape index (κ1) is 11.9. The zero-order chi connectivity index (χ0) is 13.0. The monoisotopic (exact) mass is 237 g/mol. The van der Waals surface area contributed by atoms with Crippen LogP contribution in [0.25, 0.3) is 11.1 Å². The Kier molecular flexibility index (Phi) is 3.40. The van der Waals surface area contributed by atoms with Crippen LogP contribution in [0.15, 0.2) is 48.5 Å². The van der Waals surface area contributed by atoms with Crippen LogP contribution in [-0.2, 0) is 4.74 Å². The van der Waals surface area contributed by atoms with Crippen LogP contribution in [0, 0.1) is 11.3 Å². The molecule has 0 aliphatic rings. The van der Waals surface area contributed by atoms with Crippen molar-refractivity contribution < 1.29 is 9.53 Å². The molecule has 0 bridgehead atoms. The van der Waals surface area contributed by atoms with Crippen LogP contribution < -0.4 is 0 Å². The first-order valence-corrected chi connectivity index (χ1v) is 5.44.